The molecule has 0 spiro atoms. The van der Waals surface area contributed by atoms with Crippen molar-refractivity contribution in [1.29, 1.82) is 0 Å². The second-order valence-electron chi connectivity index (χ2n) is 6.13. The van der Waals surface area contributed by atoms with Gasteiger partial charge in [-0.2, -0.15) is 0 Å². The van der Waals surface area contributed by atoms with Crippen molar-refractivity contribution in [3.05, 3.63) is 51.9 Å². The number of amides is 2. The molecule has 0 radical (unpaired) electrons. The molecule has 138 valence electrons. The Hall–Kier alpha value is -3.20. The van der Waals surface area contributed by atoms with E-state index in [1.54, 1.807) is 36.7 Å². The van der Waals surface area contributed by atoms with Gasteiger partial charge >= 0.3 is 0 Å². The number of benzene rings is 1. The van der Waals surface area contributed by atoms with Crippen molar-refractivity contribution in [2.45, 2.75) is 6.54 Å². The SMILES string of the molecule is CN(Cc1nc2ccsc2c(=O)[nH]1)C(=O)CN1C(=O)COc2ccccc21. The van der Waals surface area contributed by atoms with Gasteiger partial charge in [0.15, 0.2) is 6.61 Å². The molecule has 0 fully saturated rings. The summed E-state index contributed by atoms with van der Waals surface area (Å²) >= 11 is 1.32. The number of fused-ring (bicyclic) bond motifs is 2. The molecule has 27 heavy (non-hydrogen) atoms. The Morgan fingerprint density at radius 1 is 1.33 bits per heavy atom. The third kappa shape index (κ3) is 3.28. The van der Waals surface area contributed by atoms with Crippen LogP contribution in [0.1, 0.15) is 5.82 Å². The zero-order chi connectivity index (χ0) is 19.0. The standard InChI is InChI=1S/C18H16N4O4S/c1-21(8-14-19-11-6-7-27-17(11)18(25)20-14)15(23)9-22-12-4-2-3-5-13(12)26-10-16(22)24/h2-7H,8-10H2,1H3,(H,19,20,25). The third-order valence-corrected chi connectivity index (χ3v) is 5.18. The van der Waals surface area contributed by atoms with Crippen LogP contribution in [0.25, 0.3) is 10.2 Å². The van der Waals surface area contributed by atoms with Gasteiger partial charge < -0.3 is 14.6 Å². The molecule has 9 heteroatoms. The van der Waals surface area contributed by atoms with E-state index in [0.717, 1.165) is 0 Å². The summed E-state index contributed by atoms with van der Waals surface area (Å²) in [6, 6.07) is 8.86. The molecule has 0 saturated heterocycles. The van der Waals surface area contributed by atoms with E-state index in [0.29, 0.717) is 27.5 Å². The van der Waals surface area contributed by atoms with Gasteiger partial charge in [0.1, 0.15) is 22.8 Å². The molecule has 4 rings (SSSR count). The maximum atomic E-state index is 12.6. The molecule has 3 aromatic rings. The predicted octanol–water partition coefficient (Wildman–Crippen LogP) is 1.37. The minimum Gasteiger partial charge on any atom is -0.482 e. The van der Waals surface area contributed by atoms with Gasteiger partial charge in [0, 0.05) is 7.05 Å². The van der Waals surface area contributed by atoms with Crippen LogP contribution in [0, 0.1) is 0 Å². The van der Waals surface area contributed by atoms with E-state index in [1.807, 2.05) is 6.07 Å². The van der Waals surface area contributed by atoms with Crippen LogP contribution in [0.15, 0.2) is 40.5 Å². The van der Waals surface area contributed by atoms with Gasteiger partial charge in [0.05, 0.1) is 17.7 Å². The van der Waals surface area contributed by atoms with Gasteiger partial charge in [0.25, 0.3) is 11.5 Å². The molecule has 1 aliphatic heterocycles. The van der Waals surface area contributed by atoms with Gasteiger partial charge in [-0.25, -0.2) is 4.98 Å². The number of aromatic nitrogens is 2. The lowest BCUT2D eigenvalue weighted by molar-refractivity contribution is -0.131. The molecule has 0 bridgehead atoms. The lowest BCUT2D eigenvalue weighted by Crippen LogP contribution is -2.45. The molecule has 2 amide bonds. The molecule has 1 aliphatic rings. The van der Waals surface area contributed by atoms with Crippen LogP contribution in [0.4, 0.5) is 5.69 Å². The zero-order valence-electron chi connectivity index (χ0n) is 14.5. The highest BCUT2D eigenvalue weighted by atomic mass is 32.1. The summed E-state index contributed by atoms with van der Waals surface area (Å²) in [6.45, 7) is -0.0711. The monoisotopic (exact) mass is 384 g/mol. The maximum absolute atomic E-state index is 12.6. The average molecular weight is 384 g/mol. The van der Waals surface area contributed by atoms with Crippen molar-refractivity contribution in [2.24, 2.45) is 0 Å². The number of anilines is 1. The Balaban J connectivity index is 1.51. The summed E-state index contributed by atoms with van der Waals surface area (Å²) in [5.41, 5.74) is 0.960. The fourth-order valence-electron chi connectivity index (χ4n) is 2.89. The highest BCUT2D eigenvalue weighted by Gasteiger charge is 2.28. The first kappa shape index (κ1) is 17.2. The fourth-order valence-corrected chi connectivity index (χ4v) is 3.62. The number of rotatable bonds is 4. The molecule has 0 unspecified atom stereocenters. The Morgan fingerprint density at radius 3 is 3.00 bits per heavy atom. The molecular formula is C18H16N4O4S. The van der Waals surface area contributed by atoms with Crippen LogP contribution >= 0.6 is 11.3 Å². The lowest BCUT2D eigenvalue weighted by Gasteiger charge is -2.30. The van der Waals surface area contributed by atoms with Crippen LogP contribution in [-0.4, -0.2) is 46.9 Å². The molecule has 1 N–H and O–H groups in total. The van der Waals surface area contributed by atoms with Gasteiger partial charge in [-0.05, 0) is 23.6 Å². The number of ether oxygens (including phenoxy) is 1. The Labute approximate surface area is 158 Å². The van der Waals surface area contributed by atoms with E-state index in [2.05, 4.69) is 9.97 Å². The minimum absolute atomic E-state index is 0.0995. The molecule has 0 aliphatic carbocycles. The summed E-state index contributed by atoms with van der Waals surface area (Å²) in [7, 11) is 1.61. The average Bonchev–Trinajstić information content (AvgIpc) is 3.13. The van der Waals surface area contributed by atoms with Crippen LogP contribution in [-0.2, 0) is 16.1 Å². The molecule has 2 aromatic heterocycles. The van der Waals surface area contributed by atoms with E-state index in [4.69, 9.17) is 4.74 Å². The van der Waals surface area contributed by atoms with E-state index in [-0.39, 0.29) is 37.1 Å². The number of nitrogens with zero attached hydrogens (tertiary/aromatic N) is 3. The van der Waals surface area contributed by atoms with E-state index < -0.39 is 0 Å². The Kier molecular flexibility index (Phi) is 4.36. The molecule has 1 aromatic carbocycles. The van der Waals surface area contributed by atoms with Gasteiger partial charge in [0.2, 0.25) is 5.91 Å². The van der Waals surface area contributed by atoms with Crippen LogP contribution in [0.2, 0.25) is 0 Å². The molecule has 3 heterocycles. The predicted molar refractivity (Wildman–Crippen MR) is 101 cm³/mol. The number of thiophene rings is 1. The number of hydrogen-bond acceptors (Lipinski definition) is 6. The van der Waals surface area contributed by atoms with Gasteiger partial charge in [-0.1, -0.05) is 12.1 Å². The summed E-state index contributed by atoms with van der Waals surface area (Å²) in [5.74, 6) is 0.423. The molecule has 0 saturated carbocycles. The van der Waals surface area contributed by atoms with E-state index >= 15 is 0 Å². The van der Waals surface area contributed by atoms with Crippen molar-refractivity contribution < 1.29 is 14.3 Å². The van der Waals surface area contributed by atoms with Crippen molar-refractivity contribution in [3.8, 4) is 5.75 Å². The number of aromatic amines is 1. The summed E-state index contributed by atoms with van der Waals surface area (Å²) in [4.78, 5) is 46.8. The Bertz CT molecular complexity index is 1090. The fraction of sp³-hybridized carbons (Fsp3) is 0.222. The van der Waals surface area contributed by atoms with Crippen molar-refractivity contribution in [2.75, 3.05) is 25.1 Å². The summed E-state index contributed by atoms with van der Waals surface area (Å²) < 4.78 is 5.94. The summed E-state index contributed by atoms with van der Waals surface area (Å²) in [5, 5.41) is 1.80. The first-order chi connectivity index (χ1) is 13.0. The van der Waals surface area contributed by atoms with Crippen molar-refractivity contribution in [1.82, 2.24) is 14.9 Å². The number of likely N-dealkylation sites (N-methyl/N-ethyl adjacent to an activating group) is 1. The normalized spacial score (nSPS) is 13.4. The molecular weight excluding hydrogens is 368 g/mol. The highest BCUT2D eigenvalue weighted by molar-refractivity contribution is 7.17. The van der Waals surface area contributed by atoms with Crippen molar-refractivity contribution >= 4 is 39.1 Å². The van der Waals surface area contributed by atoms with Crippen molar-refractivity contribution in [3.63, 3.8) is 0 Å². The molecule has 0 atom stereocenters. The minimum atomic E-state index is -0.276. The number of nitrogens with one attached hydrogen (secondary N) is 1. The first-order valence-electron chi connectivity index (χ1n) is 8.25. The highest BCUT2D eigenvalue weighted by Crippen LogP contribution is 2.31. The zero-order valence-corrected chi connectivity index (χ0v) is 15.3. The van der Waals surface area contributed by atoms with Crippen LogP contribution in [0.3, 0.4) is 0 Å². The van der Waals surface area contributed by atoms with E-state index in [1.165, 1.54) is 21.1 Å². The number of carbonyl (C=O) groups excluding carboxylic acids is 2. The second-order valence-corrected chi connectivity index (χ2v) is 7.05. The number of H-pyrrole nitrogens is 1. The number of carbonyl (C=O) groups is 2. The number of para-hydroxylation sites is 2. The van der Waals surface area contributed by atoms with Gasteiger partial charge in [-0.15, -0.1) is 11.3 Å². The topological polar surface area (TPSA) is 95.6 Å². The second kappa shape index (κ2) is 6.84. The Morgan fingerprint density at radius 2 is 2.15 bits per heavy atom. The van der Waals surface area contributed by atoms with Crippen LogP contribution in [0.5, 0.6) is 5.75 Å². The van der Waals surface area contributed by atoms with E-state index in [9.17, 15) is 14.4 Å². The lowest BCUT2D eigenvalue weighted by atomic mass is 10.2. The molecule has 8 nitrogen and oxygen atoms in total. The van der Waals surface area contributed by atoms with Crippen LogP contribution < -0.4 is 15.2 Å². The maximum Gasteiger partial charge on any atom is 0.268 e. The largest absolute Gasteiger partial charge is 0.482 e. The number of hydrogen-bond donors (Lipinski definition) is 1. The first-order valence-corrected chi connectivity index (χ1v) is 9.13. The van der Waals surface area contributed by atoms with Gasteiger partial charge in [-0.3, -0.25) is 19.3 Å². The quantitative estimate of drug-likeness (QED) is 0.733. The smallest absolute Gasteiger partial charge is 0.268 e. The summed E-state index contributed by atoms with van der Waals surface area (Å²) in [6.07, 6.45) is 0. The third-order valence-electron chi connectivity index (χ3n) is 4.28.